The molecule has 0 atom stereocenters. The number of alkyl halides is 3. The van der Waals surface area contributed by atoms with Gasteiger partial charge in [0.2, 0.25) is 0 Å². The van der Waals surface area contributed by atoms with E-state index in [1.54, 1.807) is 6.92 Å². The first-order valence-electron chi connectivity index (χ1n) is 5.14. The fourth-order valence-electron chi connectivity index (χ4n) is 1.10. The number of halogens is 3. The van der Waals surface area contributed by atoms with Gasteiger partial charge in [-0.05, 0) is 6.92 Å². The molecule has 7 nitrogen and oxygen atoms in total. The highest BCUT2D eigenvalue weighted by Crippen LogP contribution is 2.16. The average molecular weight is 280 g/mol. The average Bonchev–Trinajstić information content (AvgIpc) is 2.72. The van der Waals surface area contributed by atoms with Gasteiger partial charge < -0.3 is 4.74 Å². The van der Waals surface area contributed by atoms with Gasteiger partial charge in [0.15, 0.2) is 0 Å². The highest BCUT2D eigenvalue weighted by atomic mass is 19.4. The minimum absolute atomic E-state index is 0.116. The predicted octanol–water partition coefficient (Wildman–Crippen LogP) is 0.836. The summed E-state index contributed by atoms with van der Waals surface area (Å²) in [6, 6.07) is 0. The lowest BCUT2D eigenvalue weighted by Crippen LogP contribution is -2.41. The van der Waals surface area contributed by atoms with Crippen molar-refractivity contribution in [3.63, 3.8) is 0 Å². The highest BCUT2D eigenvalue weighted by Gasteiger charge is 2.28. The molecule has 1 rings (SSSR count). The van der Waals surface area contributed by atoms with Crippen molar-refractivity contribution in [1.82, 2.24) is 20.6 Å². The van der Waals surface area contributed by atoms with E-state index in [1.165, 1.54) is 0 Å². The Morgan fingerprint density at radius 1 is 1.42 bits per heavy atom. The van der Waals surface area contributed by atoms with Crippen molar-refractivity contribution in [1.29, 1.82) is 0 Å². The van der Waals surface area contributed by atoms with Crippen molar-refractivity contribution >= 4 is 12.0 Å². The van der Waals surface area contributed by atoms with E-state index in [0.717, 1.165) is 12.4 Å². The molecule has 0 spiro atoms. The molecule has 2 N–H and O–H groups in total. The van der Waals surface area contributed by atoms with Crippen LogP contribution in [0.15, 0.2) is 12.4 Å². The number of aromatic nitrogens is 2. The van der Waals surface area contributed by atoms with Gasteiger partial charge in [0.05, 0.1) is 18.4 Å². The Morgan fingerprint density at radius 3 is 2.68 bits per heavy atom. The molecule has 19 heavy (non-hydrogen) atoms. The van der Waals surface area contributed by atoms with Crippen molar-refractivity contribution in [3.05, 3.63) is 18.0 Å². The SMILES string of the molecule is CCOC(=O)NNC(=O)c1cnn(CC(F)(F)F)c1. The summed E-state index contributed by atoms with van der Waals surface area (Å²) in [5.41, 5.74) is 3.76. The number of carbonyl (C=O) groups is 2. The molecule has 0 unspecified atom stereocenters. The second-order valence-corrected chi connectivity index (χ2v) is 3.34. The van der Waals surface area contributed by atoms with E-state index in [1.807, 2.05) is 10.9 Å². The molecule has 106 valence electrons. The first kappa shape index (κ1) is 14.8. The zero-order valence-electron chi connectivity index (χ0n) is 9.82. The predicted molar refractivity (Wildman–Crippen MR) is 55.9 cm³/mol. The Hall–Kier alpha value is -2.26. The van der Waals surface area contributed by atoms with Gasteiger partial charge in [-0.1, -0.05) is 0 Å². The molecule has 1 heterocycles. The number of hydrogen-bond donors (Lipinski definition) is 2. The Morgan fingerprint density at radius 2 is 2.11 bits per heavy atom. The Balaban J connectivity index is 2.52. The van der Waals surface area contributed by atoms with Gasteiger partial charge in [-0.25, -0.2) is 10.2 Å². The summed E-state index contributed by atoms with van der Waals surface area (Å²) in [7, 11) is 0. The molecule has 0 aliphatic carbocycles. The fourth-order valence-corrected chi connectivity index (χ4v) is 1.10. The van der Waals surface area contributed by atoms with E-state index < -0.39 is 24.7 Å². The first-order valence-corrected chi connectivity index (χ1v) is 5.14. The summed E-state index contributed by atoms with van der Waals surface area (Å²) in [4.78, 5) is 22.3. The summed E-state index contributed by atoms with van der Waals surface area (Å²) in [5, 5.41) is 3.38. The lowest BCUT2D eigenvalue weighted by atomic mass is 10.3. The van der Waals surface area contributed by atoms with E-state index in [4.69, 9.17) is 0 Å². The smallest absolute Gasteiger partial charge is 0.426 e. The van der Waals surface area contributed by atoms with Crippen LogP contribution in [-0.2, 0) is 11.3 Å². The summed E-state index contributed by atoms with van der Waals surface area (Å²) in [6.45, 7) is 0.388. The zero-order chi connectivity index (χ0) is 14.5. The molecule has 1 aromatic heterocycles. The standard InChI is InChI=1S/C9H11F3N4O3/c1-2-19-8(18)15-14-7(17)6-3-13-16(4-6)5-9(10,11)12/h3-4H,2,5H2,1H3,(H,14,17)(H,15,18). The maximum Gasteiger partial charge on any atom is 0.426 e. The third-order valence-electron chi connectivity index (χ3n) is 1.79. The van der Waals surface area contributed by atoms with Gasteiger partial charge in [0, 0.05) is 6.20 Å². The normalized spacial score (nSPS) is 10.9. The van der Waals surface area contributed by atoms with Gasteiger partial charge in [-0.3, -0.25) is 14.9 Å². The third-order valence-corrected chi connectivity index (χ3v) is 1.79. The number of amides is 2. The second kappa shape index (κ2) is 6.07. The first-order chi connectivity index (χ1) is 8.81. The molecule has 0 saturated carbocycles. The van der Waals surface area contributed by atoms with Crippen LogP contribution in [0.25, 0.3) is 0 Å². The number of carbonyl (C=O) groups excluding carboxylic acids is 2. The van der Waals surface area contributed by atoms with Crippen LogP contribution in [0.1, 0.15) is 17.3 Å². The van der Waals surface area contributed by atoms with Gasteiger partial charge in [-0.2, -0.15) is 18.3 Å². The van der Waals surface area contributed by atoms with E-state index >= 15 is 0 Å². The summed E-state index contributed by atoms with van der Waals surface area (Å²) < 4.78 is 41.2. The van der Waals surface area contributed by atoms with Crippen LogP contribution in [0.4, 0.5) is 18.0 Å². The number of hydrogen-bond acceptors (Lipinski definition) is 4. The number of ether oxygens (including phenoxy) is 1. The number of rotatable bonds is 3. The van der Waals surface area contributed by atoms with Crippen LogP contribution < -0.4 is 10.9 Å². The molecule has 0 bridgehead atoms. The number of hydrazine groups is 1. The highest BCUT2D eigenvalue weighted by molar-refractivity contribution is 5.94. The van der Waals surface area contributed by atoms with E-state index in [9.17, 15) is 22.8 Å². The van der Waals surface area contributed by atoms with Crippen molar-refractivity contribution in [2.45, 2.75) is 19.6 Å². The van der Waals surface area contributed by atoms with Crippen LogP contribution in [0.3, 0.4) is 0 Å². The number of nitrogens with zero attached hydrogens (tertiary/aromatic N) is 2. The molecule has 0 aromatic carbocycles. The van der Waals surface area contributed by atoms with E-state index in [-0.39, 0.29) is 12.2 Å². The fraction of sp³-hybridized carbons (Fsp3) is 0.444. The lowest BCUT2D eigenvalue weighted by molar-refractivity contribution is -0.142. The second-order valence-electron chi connectivity index (χ2n) is 3.34. The molecule has 0 radical (unpaired) electrons. The Labute approximate surface area is 105 Å². The summed E-state index contributed by atoms with van der Waals surface area (Å²) >= 11 is 0. The van der Waals surface area contributed by atoms with Crippen LogP contribution in [0.5, 0.6) is 0 Å². The third kappa shape index (κ3) is 5.27. The van der Waals surface area contributed by atoms with E-state index in [2.05, 4.69) is 9.84 Å². The Kier molecular flexibility index (Phi) is 4.73. The maximum absolute atomic E-state index is 12.1. The van der Waals surface area contributed by atoms with Gasteiger partial charge in [0.25, 0.3) is 5.91 Å². The molecular formula is C9H11F3N4O3. The quantitative estimate of drug-likeness (QED) is 0.803. The maximum atomic E-state index is 12.1. The molecule has 0 fully saturated rings. The minimum atomic E-state index is -4.43. The molecule has 0 saturated heterocycles. The van der Waals surface area contributed by atoms with Crippen molar-refractivity contribution in [3.8, 4) is 0 Å². The van der Waals surface area contributed by atoms with Crippen LogP contribution in [0.2, 0.25) is 0 Å². The topological polar surface area (TPSA) is 85.2 Å². The zero-order valence-corrected chi connectivity index (χ0v) is 9.82. The van der Waals surface area contributed by atoms with Crippen molar-refractivity contribution in [2.75, 3.05) is 6.61 Å². The molecule has 0 aliphatic heterocycles. The molecule has 0 aliphatic rings. The molecule has 1 aromatic rings. The monoisotopic (exact) mass is 280 g/mol. The van der Waals surface area contributed by atoms with Gasteiger partial charge in [-0.15, -0.1) is 0 Å². The molecular weight excluding hydrogens is 269 g/mol. The van der Waals surface area contributed by atoms with Crippen LogP contribution >= 0.6 is 0 Å². The van der Waals surface area contributed by atoms with Crippen LogP contribution in [-0.4, -0.2) is 34.6 Å². The van der Waals surface area contributed by atoms with Crippen molar-refractivity contribution < 1.29 is 27.5 Å². The number of nitrogens with one attached hydrogen (secondary N) is 2. The van der Waals surface area contributed by atoms with E-state index in [0.29, 0.717) is 4.68 Å². The molecule has 10 heteroatoms. The van der Waals surface area contributed by atoms with Gasteiger partial charge in [0.1, 0.15) is 6.54 Å². The summed E-state index contributed by atoms with van der Waals surface area (Å²) in [6.07, 6.45) is -3.44. The van der Waals surface area contributed by atoms with Crippen LogP contribution in [0, 0.1) is 0 Å². The molecule has 2 amide bonds. The lowest BCUT2D eigenvalue weighted by Gasteiger charge is -2.06. The largest absolute Gasteiger partial charge is 0.449 e. The summed E-state index contributed by atoms with van der Waals surface area (Å²) in [5.74, 6) is -0.804. The minimum Gasteiger partial charge on any atom is -0.449 e. The van der Waals surface area contributed by atoms with Gasteiger partial charge >= 0.3 is 12.3 Å². The van der Waals surface area contributed by atoms with Crippen molar-refractivity contribution in [2.24, 2.45) is 0 Å². The Bertz CT molecular complexity index is 458.